The Balaban J connectivity index is 2.25. The van der Waals surface area contributed by atoms with Crippen LogP contribution in [0.2, 0.25) is 5.02 Å². The molecule has 2 aromatic rings. The van der Waals surface area contributed by atoms with Crippen LogP contribution < -0.4 is 5.32 Å². The van der Waals surface area contributed by atoms with Gasteiger partial charge in [-0.15, -0.1) is 0 Å². The second kappa shape index (κ2) is 5.28. The first-order valence-corrected chi connectivity index (χ1v) is 5.91. The van der Waals surface area contributed by atoms with Gasteiger partial charge < -0.3 is 10.4 Å². The number of aryl methyl sites for hydroxylation is 1. The Morgan fingerprint density at radius 3 is 2.63 bits per heavy atom. The Labute approximate surface area is 114 Å². The van der Waals surface area contributed by atoms with Crippen molar-refractivity contribution < 1.29 is 14.3 Å². The fraction of sp³-hybridized carbons (Fsp3) is 0.0714. The number of halogens is 2. The molecule has 5 heteroatoms. The zero-order valence-electron chi connectivity index (χ0n) is 10.1. The fourth-order valence-corrected chi connectivity index (χ4v) is 1.90. The quantitative estimate of drug-likeness (QED) is 0.823. The summed E-state index contributed by atoms with van der Waals surface area (Å²) in [5.74, 6) is -0.761. The number of phenols is 1. The average Bonchev–Trinajstić information content (AvgIpc) is 2.32. The number of hydrogen-bond acceptors (Lipinski definition) is 2. The van der Waals surface area contributed by atoms with E-state index in [1.54, 1.807) is 6.92 Å². The summed E-state index contributed by atoms with van der Waals surface area (Å²) in [4.78, 5) is 12.0. The second-order valence-corrected chi connectivity index (χ2v) is 4.48. The largest absolute Gasteiger partial charge is 0.508 e. The number of nitrogens with one attached hydrogen (secondary N) is 1. The first-order chi connectivity index (χ1) is 8.97. The third-order valence-electron chi connectivity index (χ3n) is 2.63. The summed E-state index contributed by atoms with van der Waals surface area (Å²) in [5, 5.41) is 12.1. The maximum Gasteiger partial charge on any atom is 0.255 e. The molecule has 0 atom stereocenters. The van der Waals surface area contributed by atoms with E-state index in [-0.39, 0.29) is 16.7 Å². The van der Waals surface area contributed by atoms with Crippen molar-refractivity contribution >= 4 is 23.2 Å². The molecule has 2 N–H and O–H groups in total. The minimum absolute atomic E-state index is 0.0148. The summed E-state index contributed by atoms with van der Waals surface area (Å²) in [6, 6.07) is 8.16. The number of benzene rings is 2. The van der Waals surface area contributed by atoms with Crippen LogP contribution in [0.15, 0.2) is 36.4 Å². The number of phenolic OH excluding ortho intramolecular Hbond substituents is 1. The van der Waals surface area contributed by atoms with Crippen molar-refractivity contribution in [1.29, 1.82) is 0 Å². The number of carbonyl (C=O) groups is 1. The Kier molecular flexibility index (Phi) is 3.71. The summed E-state index contributed by atoms with van der Waals surface area (Å²) >= 11 is 5.89. The van der Waals surface area contributed by atoms with Gasteiger partial charge in [0.05, 0.1) is 10.7 Å². The summed E-state index contributed by atoms with van der Waals surface area (Å²) in [6.07, 6.45) is 0. The molecule has 0 heterocycles. The zero-order valence-corrected chi connectivity index (χ0v) is 10.8. The molecule has 0 radical (unpaired) electrons. The van der Waals surface area contributed by atoms with E-state index in [1.807, 2.05) is 0 Å². The van der Waals surface area contributed by atoms with E-state index in [9.17, 15) is 14.3 Å². The summed E-state index contributed by atoms with van der Waals surface area (Å²) < 4.78 is 13.0. The molecule has 0 saturated heterocycles. The predicted octanol–water partition coefficient (Wildman–Crippen LogP) is 3.75. The number of aromatic hydroxyl groups is 1. The van der Waals surface area contributed by atoms with Crippen molar-refractivity contribution in [3.8, 4) is 5.75 Å². The average molecular weight is 280 g/mol. The molecule has 0 aromatic heterocycles. The third-order valence-corrected chi connectivity index (χ3v) is 2.95. The molecule has 0 saturated carbocycles. The van der Waals surface area contributed by atoms with Crippen molar-refractivity contribution in [3.05, 3.63) is 58.4 Å². The lowest BCUT2D eigenvalue weighted by Crippen LogP contribution is -2.13. The smallest absolute Gasteiger partial charge is 0.255 e. The van der Waals surface area contributed by atoms with Gasteiger partial charge in [0, 0.05) is 11.6 Å². The van der Waals surface area contributed by atoms with Crippen LogP contribution in [0.25, 0.3) is 0 Å². The van der Waals surface area contributed by atoms with Gasteiger partial charge in [-0.1, -0.05) is 11.6 Å². The van der Waals surface area contributed by atoms with E-state index in [2.05, 4.69) is 5.32 Å². The molecule has 19 heavy (non-hydrogen) atoms. The van der Waals surface area contributed by atoms with Crippen LogP contribution in [0.4, 0.5) is 10.1 Å². The van der Waals surface area contributed by atoms with Gasteiger partial charge in [-0.05, 0) is 42.8 Å². The maximum atomic E-state index is 13.0. The highest BCUT2D eigenvalue weighted by Gasteiger charge is 2.11. The van der Waals surface area contributed by atoms with Crippen LogP contribution in [0.1, 0.15) is 15.9 Å². The lowest BCUT2D eigenvalue weighted by Gasteiger charge is -2.09. The van der Waals surface area contributed by atoms with Crippen molar-refractivity contribution in [3.63, 3.8) is 0 Å². The fourth-order valence-electron chi connectivity index (χ4n) is 1.68. The van der Waals surface area contributed by atoms with Crippen molar-refractivity contribution in [2.24, 2.45) is 0 Å². The number of carbonyl (C=O) groups excluding carboxylic acids is 1. The molecule has 0 bridgehead atoms. The van der Waals surface area contributed by atoms with Gasteiger partial charge in [-0.3, -0.25) is 4.79 Å². The Bertz CT molecular complexity index is 643. The second-order valence-electron chi connectivity index (χ2n) is 4.08. The van der Waals surface area contributed by atoms with Gasteiger partial charge in [-0.25, -0.2) is 4.39 Å². The molecule has 0 aliphatic heterocycles. The lowest BCUT2D eigenvalue weighted by molar-refractivity contribution is 0.102. The number of anilines is 1. The van der Waals surface area contributed by atoms with E-state index in [4.69, 9.17) is 11.6 Å². The minimum Gasteiger partial charge on any atom is -0.508 e. The molecular formula is C14H11ClFNO2. The van der Waals surface area contributed by atoms with Gasteiger partial charge in [-0.2, -0.15) is 0 Å². The Morgan fingerprint density at radius 2 is 2.00 bits per heavy atom. The molecule has 0 spiro atoms. The number of amides is 1. The molecule has 0 aliphatic carbocycles. The van der Waals surface area contributed by atoms with Crippen LogP contribution in [-0.2, 0) is 0 Å². The maximum absolute atomic E-state index is 13.0. The van der Waals surface area contributed by atoms with Gasteiger partial charge in [0.1, 0.15) is 11.6 Å². The van der Waals surface area contributed by atoms with E-state index in [0.717, 1.165) is 0 Å². The minimum atomic E-state index is -0.392. The van der Waals surface area contributed by atoms with Crippen LogP contribution in [0.3, 0.4) is 0 Å². The molecule has 2 rings (SSSR count). The molecule has 3 nitrogen and oxygen atoms in total. The predicted molar refractivity (Wildman–Crippen MR) is 72.2 cm³/mol. The molecule has 1 amide bonds. The zero-order chi connectivity index (χ0) is 14.0. The highest BCUT2D eigenvalue weighted by atomic mass is 35.5. The number of hydrogen-bond donors (Lipinski definition) is 2. The molecule has 98 valence electrons. The highest BCUT2D eigenvalue weighted by molar-refractivity contribution is 6.34. The van der Waals surface area contributed by atoms with E-state index in [0.29, 0.717) is 16.8 Å². The van der Waals surface area contributed by atoms with E-state index < -0.39 is 5.82 Å². The van der Waals surface area contributed by atoms with Gasteiger partial charge in [0.25, 0.3) is 5.91 Å². The van der Waals surface area contributed by atoms with Crippen LogP contribution in [0, 0.1) is 12.7 Å². The van der Waals surface area contributed by atoms with Crippen molar-refractivity contribution in [1.82, 2.24) is 0 Å². The molecular weight excluding hydrogens is 269 g/mol. The molecule has 0 unspecified atom stereocenters. The summed E-state index contributed by atoms with van der Waals surface area (Å²) in [7, 11) is 0. The van der Waals surface area contributed by atoms with Crippen LogP contribution in [0.5, 0.6) is 5.75 Å². The highest BCUT2D eigenvalue weighted by Crippen LogP contribution is 2.26. The lowest BCUT2D eigenvalue weighted by atomic mass is 10.1. The van der Waals surface area contributed by atoms with E-state index in [1.165, 1.54) is 36.4 Å². The summed E-state index contributed by atoms with van der Waals surface area (Å²) in [5.41, 5.74) is 1.28. The van der Waals surface area contributed by atoms with E-state index >= 15 is 0 Å². The van der Waals surface area contributed by atoms with Crippen LogP contribution in [-0.4, -0.2) is 11.0 Å². The Hall–Kier alpha value is -2.07. The summed E-state index contributed by atoms with van der Waals surface area (Å²) in [6.45, 7) is 1.65. The molecule has 2 aromatic carbocycles. The number of rotatable bonds is 2. The topological polar surface area (TPSA) is 49.3 Å². The van der Waals surface area contributed by atoms with Gasteiger partial charge in [0.2, 0.25) is 0 Å². The van der Waals surface area contributed by atoms with Crippen molar-refractivity contribution in [2.45, 2.75) is 6.92 Å². The standard InChI is InChI=1S/C14H11ClFNO2/c1-8-6-9(16)2-4-11(8)14(19)17-13-5-3-10(18)7-12(13)15/h2-7,18H,1H3,(H,17,19). The van der Waals surface area contributed by atoms with Crippen LogP contribution >= 0.6 is 11.6 Å². The van der Waals surface area contributed by atoms with Gasteiger partial charge in [0.15, 0.2) is 0 Å². The third kappa shape index (κ3) is 3.03. The SMILES string of the molecule is Cc1cc(F)ccc1C(=O)Nc1ccc(O)cc1Cl. The monoisotopic (exact) mass is 279 g/mol. The van der Waals surface area contributed by atoms with Crippen molar-refractivity contribution in [2.75, 3.05) is 5.32 Å². The Morgan fingerprint density at radius 1 is 1.26 bits per heavy atom. The van der Waals surface area contributed by atoms with Gasteiger partial charge >= 0.3 is 0 Å². The first kappa shape index (κ1) is 13.4. The normalized spacial score (nSPS) is 10.3. The molecule has 0 fully saturated rings. The molecule has 0 aliphatic rings. The first-order valence-electron chi connectivity index (χ1n) is 5.53.